The highest BCUT2D eigenvalue weighted by atomic mass is 16.6. The van der Waals surface area contributed by atoms with E-state index in [1.807, 2.05) is 13.8 Å². The highest BCUT2D eigenvalue weighted by molar-refractivity contribution is 5.89. The first-order valence-electron chi connectivity index (χ1n) is 5.71. The third-order valence-electron chi connectivity index (χ3n) is 2.53. The molecule has 0 bridgehead atoms. The Morgan fingerprint density at radius 1 is 1.24 bits per heavy atom. The van der Waals surface area contributed by atoms with Gasteiger partial charge in [0.25, 0.3) is 5.91 Å². The van der Waals surface area contributed by atoms with E-state index in [0.717, 1.165) is 0 Å². The molecule has 6 nitrogen and oxygen atoms in total. The number of hydrogen-bond acceptors (Lipinski definition) is 5. The summed E-state index contributed by atoms with van der Waals surface area (Å²) in [6.07, 6.45) is 1.70. The topological polar surface area (TPSA) is 105 Å². The number of carbonyl (C=O) groups is 2. The lowest BCUT2D eigenvalue weighted by Gasteiger charge is -2.39. The number of hydrogen-bond donors (Lipinski definition) is 2. The summed E-state index contributed by atoms with van der Waals surface area (Å²) < 4.78 is 10.6. The van der Waals surface area contributed by atoms with Crippen LogP contribution < -0.4 is 11.5 Å². The van der Waals surface area contributed by atoms with Gasteiger partial charge in [-0.25, -0.2) is 0 Å². The highest BCUT2D eigenvalue weighted by Gasteiger charge is 2.52. The van der Waals surface area contributed by atoms with Crippen molar-refractivity contribution in [2.24, 2.45) is 11.5 Å². The van der Waals surface area contributed by atoms with E-state index >= 15 is 0 Å². The molecule has 0 aliphatic heterocycles. The van der Waals surface area contributed by atoms with E-state index in [1.165, 1.54) is 6.92 Å². The van der Waals surface area contributed by atoms with Crippen LogP contribution in [0.3, 0.4) is 0 Å². The maximum atomic E-state index is 11.5. The van der Waals surface area contributed by atoms with Crippen molar-refractivity contribution in [2.75, 3.05) is 13.2 Å². The second kappa shape index (κ2) is 6.68. The molecule has 0 aromatic heterocycles. The fraction of sp³-hybridized carbons (Fsp3) is 0.818. The van der Waals surface area contributed by atoms with Gasteiger partial charge < -0.3 is 15.2 Å². The zero-order valence-corrected chi connectivity index (χ0v) is 10.7. The number of carbonyl (C=O) groups excluding carboxylic acids is 2. The van der Waals surface area contributed by atoms with E-state index in [0.29, 0.717) is 19.1 Å². The smallest absolute Gasteiger partial charge is 0.254 e. The van der Waals surface area contributed by atoms with Crippen LogP contribution in [0.25, 0.3) is 0 Å². The second-order valence-corrected chi connectivity index (χ2v) is 4.01. The van der Waals surface area contributed by atoms with Crippen molar-refractivity contribution in [3.05, 3.63) is 0 Å². The van der Waals surface area contributed by atoms with Crippen molar-refractivity contribution in [2.45, 2.75) is 44.9 Å². The number of primary amides is 1. The first-order chi connectivity index (χ1) is 7.88. The quantitative estimate of drug-likeness (QED) is 0.438. The average molecular weight is 246 g/mol. The molecule has 1 amide bonds. The summed E-state index contributed by atoms with van der Waals surface area (Å²) in [7, 11) is 0. The van der Waals surface area contributed by atoms with Crippen LogP contribution in [-0.4, -0.2) is 36.7 Å². The summed E-state index contributed by atoms with van der Waals surface area (Å²) in [4.78, 5) is 22.6. The third-order valence-corrected chi connectivity index (χ3v) is 2.53. The van der Waals surface area contributed by atoms with Crippen molar-refractivity contribution in [1.29, 1.82) is 0 Å². The van der Waals surface area contributed by atoms with E-state index in [2.05, 4.69) is 0 Å². The summed E-state index contributed by atoms with van der Waals surface area (Å²) in [6.45, 7) is 5.61. The molecule has 17 heavy (non-hydrogen) atoms. The Labute approximate surface area is 102 Å². The molecule has 0 aliphatic rings. The first kappa shape index (κ1) is 16.0. The standard InChI is InChI=1S/C11H22N2O4/c1-4-6-16-10(3,9(12)15)11(13,8-14)17-7-5-2/h8H,4-7,13H2,1-3H3,(H2,12,15). The molecule has 0 aromatic rings. The normalized spacial score (nSPS) is 18.1. The summed E-state index contributed by atoms with van der Waals surface area (Å²) in [5.74, 6) is -0.823. The first-order valence-corrected chi connectivity index (χ1v) is 5.71. The third kappa shape index (κ3) is 3.49. The van der Waals surface area contributed by atoms with Crippen molar-refractivity contribution >= 4 is 12.2 Å². The predicted molar refractivity (Wildman–Crippen MR) is 63.1 cm³/mol. The highest BCUT2D eigenvalue weighted by Crippen LogP contribution is 2.24. The monoisotopic (exact) mass is 246 g/mol. The molecule has 0 aliphatic carbocycles. The largest absolute Gasteiger partial charge is 0.367 e. The number of nitrogens with two attached hydrogens (primary N) is 2. The van der Waals surface area contributed by atoms with Gasteiger partial charge in [0.1, 0.15) is 0 Å². The van der Waals surface area contributed by atoms with E-state index in [4.69, 9.17) is 20.9 Å². The van der Waals surface area contributed by atoms with E-state index in [-0.39, 0.29) is 13.2 Å². The fourth-order valence-electron chi connectivity index (χ4n) is 1.24. The number of rotatable bonds is 9. The van der Waals surface area contributed by atoms with Crippen LogP contribution >= 0.6 is 0 Å². The number of amides is 1. The lowest BCUT2D eigenvalue weighted by Crippen LogP contribution is -2.69. The zero-order chi connectivity index (χ0) is 13.5. The molecule has 100 valence electrons. The Morgan fingerprint density at radius 3 is 2.06 bits per heavy atom. The Morgan fingerprint density at radius 2 is 1.71 bits per heavy atom. The van der Waals surface area contributed by atoms with Crippen LogP contribution in [0, 0.1) is 0 Å². The molecule has 0 aromatic carbocycles. The van der Waals surface area contributed by atoms with Crippen molar-refractivity contribution < 1.29 is 19.1 Å². The number of ether oxygens (including phenoxy) is 2. The Hall–Kier alpha value is -0.980. The second-order valence-electron chi connectivity index (χ2n) is 4.01. The van der Waals surface area contributed by atoms with Crippen molar-refractivity contribution in [3.8, 4) is 0 Å². The van der Waals surface area contributed by atoms with Crippen molar-refractivity contribution in [3.63, 3.8) is 0 Å². The van der Waals surface area contributed by atoms with Gasteiger partial charge in [-0.3, -0.25) is 15.3 Å². The van der Waals surface area contributed by atoms with E-state index < -0.39 is 17.2 Å². The SMILES string of the molecule is CCCOC(N)(C=O)C(C)(OCCC)C(N)=O. The summed E-state index contributed by atoms with van der Waals surface area (Å²) in [5, 5.41) is 0. The molecule has 2 atom stereocenters. The molecule has 0 spiro atoms. The van der Waals surface area contributed by atoms with Gasteiger partial charge in [0.05, 0.1) is 0 Å². The lowest BCUT2D eigenvalue weighted by molar-refractivity contribution is -0.196. The van der Waals surface area contributed by atoms with E-state index in [1.54, 1.807) is 0 Å². The van der Waals surface area contributed by atoms with Gasteiger partial charge in [0, 0.05) is 13.2 Å². The fourth-order valence-corrected chi connectivity index (χ4v) is 1.24. The van der Waals surface area contributed by atoms with Crippen LogP contribution in [-0.2, 0) is 19.1 Å². The van der Waals surface area contributed by atoms with Gasteiger partial charge in [-0.1, -0.05) is 13.8 Å². The molecule has 6 heteroatoms. The van der Waals surface area contributed by atoms with Gasteiger partial charge in [-0.15, -0.1) is 0 Å². The van der Waals surface area contributed by atoms with Crippen molar-refractivity contribution in [1.82, 2.24) is 0 Å². The molecular weight excluding hydrogens is 224 g/mol. The molecule has 0 saturated heterocycles. The van der Waals surface area contributed by atoms with Crippen LogP contribution in [0.2, 0.25) is 0 Å². The van der Waals surface area contributed by atoms with Gasteiger partial charge in [-0.05, 0) is 19.8 Å². The van der Waals surface area contributed by atoms with Crippen LogP contribution in [0.15, 0.2) is 0 Å². The maximum absolute atomic E-state index is 11.5. The van der Waals surface area contributed by atoms with Crippen LogP contribution in [0.1, 0.15) is 33.6 Å². The number of aldehydes is 1. The summed E-state index contributed by atoms with van der Waals surface area (Å²) in [6, 6.07) is 0. The van der Waals surface area contributed by atoms with E-state index in [9.17, 15) is 9.59 Å². The molecule has 0 rings (SSSR count). The van der Waals surface area contributed by atoms with Gasteiger partial charge in [-0.2, -0.15) is 0 Å². The molecule has 4 N–H and O–H groups in total. The Balaban J connectivity index is 5.09. The minimum atomic E-state index is -1.86. The maximum Gasteiger partial charge on any atom is 0.254 e. The Bertz CT molecular complexity index is 272. The molecule has 2 unspecified atom stereocenters. The summed E-state index contributed by atoms with van der Waals surface area (Å²) >= 11 is 0. The molecule has 0 radical (unpaired) electrons. The minimum Gasteiger partial charge on any atom is -0.367 e. The summed E-state index contributed by atoms with van der Waals surface area (Å²) in [5.41, 5.74) is 7.53. The van der Waals surface area contributed by atoms with Crippen LogP contribution in [0.4, 0.5) is 0 Å². The zero-order valence-electron chi connectivity index (χ0n) is 10.7. The lowest BCUT2D eigenvalue weighted by atomic mass is 9.92. The molecular formula is C11H22N2O4. The van der Waals surface area contributed by atoms with Gasteiger partial charge in [0.15, 0.2) is 11.9 Å². The molecule has 0 heterocycles. The molecule has 0 fully saturated rings. The molecule has 0 saturated carbocycles. The average Bonchev–Trinajstić information content (AvgIpc) is 2.32. The van der Waals surface area contributed by atoms with Gasteiger partial charge in [0.2, 0.25) is 5.72 Å². The Kier molecular flexibility index (Phi) is 6.30. The van der Waals surface area contributed by atoms with Crippen LogP contribution in [0.5, 0.6) is 0 Å². The minimum absolute atomic E-state index is 0.244. The predicted octanol–water partition coefficient (Wildman–Crippen LogP) is -0.0625. The van der Waals surface area contributed by atoms with Gasteiger partial charge >= 0.3 is 0 Å².